The Kier molecular flexibility index (Phi) is 6.63. The molecule has 6 heteroatoms. The first kappa shape index (κ1) is 17.2. The number of nitrogens with two attached hydrogens (primary N) is 1. The zero-order valence-electron chi connectivity index (χ0n) is 9.93. The van der Waals surface area contributed by atoms with E-state index in [4.69, 9.17) is 5.73 Å². The van der Waals surface area contributed by atoms with E-state index in [-0.39, 0.29) is 18.0 Å². The zero-order valence-corrected chi connectivity index (χ0v) is 10.7. The molecule has 0 radical (unpaired) electrons. The monoisotopic (exact) mass is 285 g/mol. The minimum absolute atomic E-state index is 0. The Bertz CT molecular complexity index is 379. The maximum atomic E-state index is 13.0. The third kappa shape index (κ3) is 4.46. The average Bonchev–Trinajstić information content (AvgIpc) is 2.24. The van der Waals surface area contributed by atoms with Crippen LogP contribution in [-0.4, -0.2) is 0 Å². The van der Waals surface area contributed by atoms with Gasteiger partial charge in [0.15, 0.2) is 0 Å². The van der Waals surface area contributed by atoms with Crippen LogP contribution in [0.15, 0.2) is 18.2 Å². The summed E-state index contributed by atoms with van der Waals surface area (Å²) in [5.41, 5.74) is 4.67. The number of benzene rings is 1. The molecule has 0 aromatic heterocycles. The van der Waals surface area contributed by atoms with Crippen molar-refractivity contribution in [3.63, 3.8) is 0 Å². The molecule has 18 heavy (non-hydrogen) atoms. The lowest BCUT2D eigenvalue weighted by Gasteiger charge is -2.18. The van der Waals surface area contributed by atoms with Crippen LogP contribution in [0.1, 0.15) is 43.4 Å². The molecule has 2 N–H and O–H groups in total. The second kappa shape index (κ2) is 6.95. The van der Waals surface area contributed by atoms with Crippen molar-refractivity contribution in [1.82, 2.24) is 0 Å². The van der Waals surface area contributed by atoms with E-state index in [1.165, 1.54) is 0 Å². The highest BCUT2D eigenvalue weighted by molar-refractivity contribution is 5.85. The Morgan fingerprint density at radius 3 is 2.39 bits per heavy atom. The van der Waals surface area contributed by atoms with E-state index in [9.17, 15) is 17.6 Å². The van der Waals surface area contributed by atoms with Gasteiger partial charge >= 0.3 is 6.18 Å². The number of alkyl halides is 3. The van der Waals surface area contributed by atoms with Gasteiger partial charge in [-0.3, -0.25) is 0 Å². The predicted octanol–water partition coefficient (Wildman–Crippen LogP) is 4.46. The van der Waals surface area contributed by atoms with E-state index in [0.29, 0.717) is 6.42 Å². The lowest BCUT2D eigenvalue weighted by molar-refractivity contribution is -0.138. The Labute approximate surface area is 110 Å². The molecular weight excluding hydrogens is 270 g/mol. The highest BCUT2D eigenvalue weighted by Gasteiger charge is 2.34. The molecule has 0 spiro atoms. The Balaban J connectivity index is 0.00000289. The van der Waals surface area contributed by atoms with Gasteiger partial charge < -0.3 is 5.73 Å². The number of hydrogen-bond donors (Lipinski definition) is 1. The van der Waals surface area contributed by atoms with Crippen LogP contribution in [0.2, 0.25) is 0 Å². The molecule has 1 aromatic carbocycles. The molecule has 0 fully saturated rings. The van der Waals surface area contributed by atoms with Crippen molar-refractivity contribution in [3.05, 3.63) is 35.1 Å². The highest BCUT2D eigenvalue weighted by Crippen LogP contribution is 2.35. The molecule has 1 aromatic rings. The molecular formula is C12H16ClF4N. The molecule has 0 bridgehead atoms. The quantitative estimate of drug-likeness (QED) is 0.812. The van der Waals surface area contributed by atoms with Crippen molar-refractivity contribution in [1.29, 1.82) is 0 Å². The van der Waals surface area contributed by atoms with Gasteiger partial charge in [0.05, 0.1) is 5.56 Å². The van der Waals surface area contributed by atoms with Crippen molar-refractivity contribution in [3.8, 4) is 0 Å². The lowest BCUT2D eigenvalue weighted by Crippen LogP contribution is -2.17. The Morgan fingerprint density at radius 1 is 1.28 bits per heavy atom. The summed E-state index contributed by atoms with van der Waals surface area (Å²) in [5, 5.41) is 0. The van der Waals surface area contributed by atoms with E-state index in [0.717, 1.165) is 31.0 Å². The first-order chi connectivity index (χ1) is 7.86. The topological polar surface area (TPSA) is 26.0 Å². The van der Waals surface area contributed by atoms with Gasteiger partial charge in [-0.2, -0.15) is 13.2 Å². The summed E-state index contributed by atoms with van der Waals surface area (Å²) < 4.78 is 51.0. The summed E-state index contributed by atoms with van der Waals surface area (Å²) in [6.45, 7) is 1.92. The van der Waals surface area contributed by atoms with Crippen LogP contribution in [0, 0.1) is 5.82 Å². The summed E-state index contributed by atoms with van der Waals surface area (Å²) >= 11 is 0. The lowest BCUT2D eigenvalue weighted by atomic mass is 9.96. The molecule has 0 unspecified atom stereocenters. The molecule has 0 aliphatic rings. The van der Waals surface area contributed by atoms with Gasteiger partial charge in [0.25, 0.3) is 0 Å². The maximum Gasteiger partial charge on any atom is 0.416 e. The van der Waals surface area contributed by atoms with Crippen LogP contribution < -0.4 is 5.73 Å². The maximum absolute atomic E-state index is 13.0. The molecule has 1 rings (SSSR count). The summed E-state index contributed by atoms with van der Waals surface area (Å²) in [7, 11) is 0. The second-order valence-electron chi connectivity index (χ2n) is 3.98. The molecule has 1 nitrogen and oxygen atoms in total. The molecule has 1 atom stereocenters. The van der Waals surface area contributed by atoms with Gasteiger partial charge in [0, 0.05) is 6.04 Å². The first-order valence-corrected chi connectivity index (χ1v) is 5.48. The third-order valence-corrected chi connectivity index (χ3v) is 2.59. The first-order valence-electron chi connectivity index (χ1n) is 5.48. The fourth-order valence-corrected chi connectivity index (χ4v) is 1.68. The van der Waals surface area contributed by atoms with E-state index in [1.807, 2.05) is 6.92 Å². The van der Waals surface area contributed by atoms with E-state index < -0.39 is 23.6 Å². The number of halogens is 5. The molecule has 0 saturated carbocycles. The van der Waals surface area contributed by atoms with Crippen LogP contribution in [0.25, 0.3) is 0 Å². The fraction of sp³-hybridized carbons (Fsp3) is 0.500. The van der Waals surface area contributed by atoms with E-state index >= 15 is 0 Å². The highest BCUT2D eigenvalue weighted by atomic mass is 35.5. The zero-order chi connectivity index (χ0) is 13.1. The van der Waals surface area contributed by atoms with Gasteiger partial charge in [-0.05, 0) is 30.2 Å². The van der Waals surface area contributed by atoms with Gasteiger partial charge in [-0.15, -0.1) is 12.4 Å². The normalized spacial score (nSPS) is 13.0. The third-order valence-electron chi connectivity index (χ3n) is 2.59. The summed E-state index contributed by atoms with van der Waals surface area (Å²) in [6.07, 6.45) is -2.52. The summed E-state index contributed by atoms with van der Waals surface area (Å²) in [6, 6.07) is 1.65. The predicted molar refractivity (Wildman–Crippen MR) is 65.1 cm³/mol. The molecule has 0 heterocycles. The number of unbranched alkanes of at least 4 members (excludes halogenated alkanes) is 1. The van der Waals surface area contributed by atoms with E-state index in [1.54, 1.807) is 0 Å². The SMILES string of the molecule is CCCC[C@H](N)c1cc(F)ccc1C(F)(F)F.Cl. The molecule has 0 aliphatic carbocycles. The van der Waals surface area contributed by atoms with Crippen molar-refractivity contribution in [2.75, 3.05) is 0 Å². The Morgan fingerprint density at radius 2 is 1.89 bits per heavy atom. The minimum atomic E-state index is -4.49. The standard InChI is InChI=1S/C12H15F4N.ClH/c1-2-3-4-11(17)9-7-8(13)5-6-10(9)12(14,15)16;/h5-7,11H,2-4,17H2,1H3;1H/t11-;/m0./s1. The van der Waals surface area contributed by atoms with Crippen LogP contribution in [-0.2, 0) is 6.18 Å². The van der Waals surface area contributed by atoms with E-state index in [2.05, 4.69) is 0 Å². The number of hydrogen-bond acceptors (Lipinski definition) is 1. The second-order valence-corrected chi connectivity index (χ2v) is 3.98. The fourth-order valence-electron chi connectivity index (χ4n) is 1.68. The molecule has 0 amide bonds. The Hall–Kier alpha value is -0.810. The minimum Gasteiger partial charge on any atom is -0.324 e. The van der Waals surface area contributed by atoms with Crippen LogP contribution >= 0.6 is 12.4 Å². The van der Waals surface area contributed by atoms with Crippen LogP contribution in [0.4, 0.5) is 17.6 Å². The average molecular weight is 286 g/mol. The molecule has 0 saturated heterocycles. The molecule has 0 aliphatic heterocycles. The van der Waals surface area contributed by atoms with Crippen molar-refractivity contribution >= 4 is 12.4 Å². The van der Waals surface area contributed by atoms with Crippen LogP contribution in [0.5, 0.6) is 0 Å². The smallest absolute Gasteiger partial charge is 0.324 e. The number of rotatable bonds is 4. The van der Waals surface area contributed by atoms with Crippen molar-refractivity contribution < 1.29 is 17.6 Å². The molecule has 104 valence electrons. The summed E-state index contributed by atoms with van der Waals surface area (Å²) in [5.74, 6) is -0.694. The summed E-state index contributed by atoms with van der Waals surface area (Å²) in [4.78, 5) is 0. The van der Waals surface area contributed by atoms with Gasteiger partial charge in [0.1, 0.15) is 5.82 Å². The van der Waals surface area contributed by atoms with Gasteiger partial charge in [0.2, 0.25) is 0 Å². The van der Waals surface area contributed by atoms with Crippen molar-refractivity contribution in [2.24, 2.45) is 5.73 Å². The van der Waals surface area contributed by atoms with Gasteiger partial charge in [-0.25, -0.2) is 4.39 Å². The largest absolute Gasteiger partial charge is 0.416 e. The van der Waals surface area contributed by atoms with Gasteiger partial charge in [-0.1, -0.05) is 19.8 Å². The van der Waals surface area contributed by atoms with Crippen LogP contribution in [0.3, 0.4) is 0 Å². The van der Waals surface area contributed by atoms with Crippen molar-refractivity contribution in [2.45, 2.75) is 38.4 Å².